The Labute approximate surface area is 109 Å². The number of benzene rings is 1. The minimum atomic E-state index is -0.167. The molecule has 0 aliphatic heterocycles. The second kappa shape index (κ2) is 6.19. The van der Waals surface area contributed by atoms with E-state index in [4.69, 9.17) is 4.74 Å². The first kappa shape index (κ1) is 13.3. The van der Waals surface area contributed by atoms with Gasteiger partial charge in [-0.05, 0) is 56.0 Å². The lowest BCUT2D eigenvalue weighted by Gasteiger charge is -2.22. The molecular formula is C15H22FNO. The minimum Gasteiger partial charge on any atom is -0.496 e. The molecule has 1 saturated carbocycles. The summed E-state index contributed by atoms with van der Waals surface area (Å²) in [6, 6.07) is 4.86. The Morgan fingerprint density at radius 3 is 2.94 bits per heavy atom. The van der Waals surface area contributed by atoms with Gasteiger partial charge >= 0.3 is 0 Å². The predicted octanol–water partition coefficient (Wildman–Crippen LogP) is 3.33. The van der Waals surface area contributed by atoms with Gasteiger partial charge in [0.25, 0.3) is 0 Å². The lowest BCUT2D eigenvalue weighted by Crippen LogP contribution is -2.24. The van der Waals surface area contributed by atoms with E-state index in [0.717, 1.165) is 30.8 Å². The van der Waals surface area contributed by atoms with Crippen LogP contribution in [0.4, 0.5) is 4.39 Å². The molecule has 1 aromatic rings. The molecule has 0 spiro atoms. The summed E-state index contributed by atoms with van der Waals surface area (Å²) in [4.78, 5) is 0. The van der Waals surface area contributed by atoms with Crippen LogP contribution < -0.4 is 10.1 Å². The van der Waals surface area contributed by atoms with Crippen LogP contribution in [0.15, 0.2) is 18.2 Å². The van der Waals surface area contributed by atoms with Crippen LogP contribution in [0.25, 0.3) is 0 Å². The summed E-state index contributed by atoms with van der Waals surface area (Å²) >= 11 is 0. The maximum absolute atomic E-state index is 13.4. The fraction of sp³-hybridized carbons (Fsp3) is 0.600. The predicted molar refractivity (Wildman–Crippen MR) is 71.6 cm³/mol. The molecule has 0 heterocycles. The zero-order chi connectivity index (χ0) is 13.0. The van der Waals surface area contributed by atoms with Gasteiger partial charge in [0.2, 0.25) is 0 Å². The van der Waals surface area contributed by atoms with Crippen molar-refractivity contribution in [1.29, 1.82) is 0 Å². The average molecular weight is 251 g/mol. The van der Waals surface area contributed by atoms with E-state index in [1.165, 1.54) is 18.9 Å². The smallest absolute Gasteiger partial charge is 0.123 e. The summed E-state index contributed by atoms with van der Waals surface area (Å²) in [5.41, 5.74) is 1.04. The molecule has 0 amide bonds. The molecule has 1 fully saturated rings. The van der Waals surface area contributed by atoms with Crippen LogP contribution in [-0.2, 0) is 0 Å². The molecule has 3 heteroatoms. The molecule has 2 atom stereocenters. The summed E-state index contributed by atoms with van der Waals surface area (Å²) in [6.45, 7) is 4.12. The van der Waals surface area contributed by atoms with Crippen molar-refractivity contribution in [3.8, 4) is 5.75 Å². The number of methoxy groups -OCH3 is 1. The fourth-order valence-electron chi connectivity index (χ4n) is 3.02. The first-order chi connectivity index (χ1) is 8.76. The summed E-state index contributed by atoms with van der Waals surface area (Å²) in [5, 5.41) is 3.41. The molecule has 100 valence electrons. The van der Waals surface area contributed by atoms with Gasteiger partial charge in [-0.1, -0.05) is 13.3 Å². The van der Waals surface area contributed by atoms with E-state index in [2.05, 4.69) is 12.2 Å². The van der Waals surface area contributed by atoms with Crippen molar-refractivity contribution in [2.45, 2.75) is 32.1 Å². The molecule has 2 nitrogen and oxygen atoms in total. The molecule has 1 N–H and O–H groups in total. The van der Waals surface area contributed by atoms with Crippen molar-refractivity contribution in [2.75, 3.05) is 20.2 Å². The SMILES string of the molecule is CCNCC1CCCC1c1cc(F)ccc1OC. The average Bonchev–Trinajstić information content (AvgIpc) is 2.84. The fourth-order valence-corrected chi connectivity index (χ4v) is 3.02. The van der Waals surface area contributed by atoms with Crippen LogP contribution in [0.2, 0.25) is 0 Å². The Morgan fingerprint density at radius 2 is 2.22 bits per heavy atom. The highest BCUT2D eigenvalue weighted by Gasteiger charge is 2.30. The van der Waals surface area contributed by atoms with Crippen molar-refractivity contribution in [3.05, 3.63) is 29.6 Å². The lowest BCUT2D eigenvalue weighted by atomic mass is 9.88. The molecule has 1 aromatic carbocycles. The maximum atomic E-state index is 13.4. The second-order valence-electron chi connectivity index (χ2n) is 4.99. The topological polar surface area (TPSA) is 21.3 Å². The highest BCUT2D eigenvalue weighted by atomic mass is 19.1. The molecule has 2 unspecified atom stereocenters. The van der Waals surface area contributed by atoms with Gasteiger partial charge in [-0.25, -0.2) is 4.39 Å². The number of nitrogens with one attached hydrogen (secondary N) is 1. The van der Waals surface area contributed by atoms with Gasteiger partial charge in [-0.15, -0.1) is 0 Å². The molecule has 18 heavy (non-hydrogen) atoms. The van der Waals surface area contributed by atoms with Gasteiger partial charge in [0, 0.05) is 5.56 Å². The summed E-state index contributed by atoms with van der Waals surface area (Å²) in [5.74, 6) is 1.68. The summed E-state index contributed by atoms with van der Waals surface area (Å²) in [7, 11) is 1.66. The Morgan fingerprint density at radius 1 is 1.39 bits per heavy atom. The Bertz CT molecular complexity index is 394. The van der Waals surface area contributed by atoms with Crippen LogP contribution in [0.1, 0.15) is 37.7 Å². The van der Waals surface area contributed by atoms with Crippen molar-refractivity contribution in [1.82, 2.24) is 5.32 Å². The number of rotatable bonds is 5. The maximum Gasteiger partial charge on any atom is 0.123 e. The Hall–Kier alpha value is -1.09. The van der Waals surface area contributed by atoms with Crippen LogP contribution >= 0.6 is 0 Å². The normalized spacial score (nSPS) is 23.3. The van der Waals surface area contributed by atoms with Crippen molar-refractivity contribution in [2.24, 2.45) is 5.92 Å². The number of ether oxygens (including phenoxy) is 1. The van der Waals surface area contributed by atoms with Crippen LogP contribution in [0.3, 0.4) is 0 Å². The summed E-state index contributed by atoms with van der Waals surface area (Å²) in [6.07, 6.45) is 3.58. The number of hydrogen-bond donors (Lipinski definition) is 1. The quantitative estimate of drug-likeness (QED) is 0.866. The van der Waals surface area contributed by atoms with Gasteiger partial charge in [-0.3, -0.25) is 0 Å². The highest BCUT2D eigenvalue weighted by molar-refractivity contribution is 5.37. The van der Waals surface area contributed by atoms with Crippen LogP contribution in [0, 0.1) is 11.7 Å². The van der Waals surface area contributed by atoms with E-state index < -0.39 is 0 Å². The van der Waals surface area contributed by atoms with E-state index in [1.54, 1.807) is 19.2 Å². The van der Waals surface area contributed by atoms with Gasteiger partial charge in [0.15, 0.2) is 0 Å². The number of hydrogen-bond acceptors (Lipinski definition) is 2. The lowest BCUT2D eigenvalue weighted by molar-refractivity contribution is 0.388. The van der Waals surface area contributed by atoms with Crippen molar-refractivity contribution < 1.29 is 9.13 Å². The zero-order valence-corrected chi connectivity index (χ0v) is 11.2. The molecule has 0 saturated heterocycles. The van der Waals surface area contributed by atoms with Crippen LogP contribution in [-0.4, -0.2) is 20.2 Å². The standard InChI is InChI=1S/C15H22FNO/c1-3-17-10-11-5-4-6-13(11)14-9-12(16)7-8-15(14)18-2/h7-9,11,13,17H,3-6,10H2,1-2H3. The molecule has 0 radical (unpaired) electrons. The molecule has 1 aliphatic carbocycles. The van der Waals surface area contributed by atoms with E-state index in [0.29, 0.717) is 11.8 Å². The third kappa shape index (κ3) is 2.83. The van der Waals surface area contributed by atoms with Gasteiger partial charge in [-0.2, -0.15) is 0 Å². The monoisotopic (exact) mass is 251 g/mol. The molecule has 0 bridgehead atoms. The zero-order valence-electron chi connectivity index (χ0n) is 11.2. The second-order valence-corrected chi connectivity index (χ2v) is 4.99. The van der Waals surface area contributed by atoms with E-state index in [1.807, 2.05) is 0 Å². The van der Waals surface area contributed by atoms with E-state index in [9.17, 15) is 4.39 Å². The molecule has 1 aliphatic rings. The first-order valence-electron chi connectivity index (χ1n) is 6.80. The number of halogens is 1. The van der Waals surface area contributed by atoms with Crippen LogP contribution in [0.5, 0.6) is 5.75 Å². The van der Waals surface area contributed by atoms with Crippen molar-refractivity contribution in [3.63, 3.8) is 0 Å². The Kier molecular flexibility index (Phi) is 4.59. The molecular weight excluding hydrogens is 229 g/mol. The van der Waals surface area contributed by atoms with Gasteiger partial charge in [0.1, 0.15) is 11.6 Å². The van der Waals surface area contributed by atoms with Gasteiger partial charge in [0.05, 0.1) is 7.11 Å². The third-order valence-corrected chi connectivity index (χ3v) is 3.91. The largest absolute Gasteiger partial charge is 0.496 e. The molecule has 2 rings (SSSR count). The third-order valence-electron chi connectivity index (χ3n) is 3.91. The first-order valence-corrected chi connectivity index (χ1v) is 6.80. The van der Waals surface area contributed by atoms with E-state index in [-0.39, 0.29) is 5.82 Å². The van der Waals surface area contributed by atoms with E-state index >= 15 is 0 Å². The summed E-state index contributed by atoms with van der Waals surface area (Å²) < 4.78 is 18.8. The van der Waals surface area contributed by atoms with Crippen molar-refractivity contribution >= 4 is 0 Å². The highest BCUT2D eigenvalue weighted by Crippen LogP contribution is 2.42. The molecule has 0 aromatic heterocycles. The van der Waals surface area contributed by atoms with Gasteiger partial charge < -0.3 is 10.1 Å². The minimum absolute atomic E-state index is 0.167. The Balaban J connectivity index is 2.20.